The maximum absolute atomic E-state index is 12.0. The number of carbonyl (C=O) groups is 2. The van der Waals surface area contributed by atoms with Crippen molar-refractivity contribution in [3.05, 3.63) is 71.3 Å². The predicted octanol–water partition coefficient (Wildman–Crippen LogP) is 3.45. The Balaban J connectivity index is 1.89. The highest BCUT2D eigenvalue weighted by atomic mass is 16.5. The topological polar surface area (TPSA) is 79.2 Å². The molecule has 0 fully saturated rings. The van der Waals surface area contributed by atoms with Gasteiger partial charge in [0.1, 0.15) is 0 Å². The van der Waals surface area contributed by atoms with E-state index in [2.05, 4.69) is 5.32 Å². The zero-order valence-electron chi connectivity index (χ0n) is 14.0. The van der Waals surface area contributed by atoms with E-state index in [9.17, 15) is 9.59 Å². The molecule has 0 saturated heterocycles. The second-order valence-electron chi connectivity index (χ2n) is 5.50. The van der Waals surface area contributed by atoms with E-state index in [1.807, 2.05) is 37.3 Å². The van der Waals surface area contributed by atoms with Gasteiger partial charge in [-0.05, 0) is 49.8 Å². The minimum atomic E-state index is -0.940. The molecule has 0 spiro atoms. The molecule has 1 atom stereocenters. The summed E-state index contributed by atoms with van der Waals surface area (Å²) in [5.74, 6) is -1.04. The number of hydrogen-bond acceptors (Lipinski definition) is 4. The van der Waals surface area contributed by atoms with Crippen LogP contribution in [0.15, 0.2) is 54.6 Å². The summed E-state index contributed by atoms with van der Waals surface area (Å²) in [4.78, 5) is 23.9. The number of benzene rings is 2. The highest BCUT2D eigenvalue weighted by Gasteiger charge is 2.16. The smallest absolute Gasteiger partial charge is 0.331 e. The van der Waals surface area contributed by atoms with Gasteiger partial charge in [-0.3, -0.25) is 4.79 Å². The van der Waals surface area contributed by atoms with Gasteiger partial charge in [0.25, 0.3) is 5.91 Å². The molecule has 0 heterocycles. The summed E-state index contributed by atoms with van der Waals surface area (Å²) in [6, 6.07) is 16.1. The molecule has 2 rings (SSSR count). The molecule has 0 aliphatic rings. The van der Waals surface area contributed by atoms with Gasteiger partial charge in [0.15, 0.2) is 6.10 Å². The lowest BCUT2D eigenvalue weighted by Gasteiger charge is -2.12. The molecule has 126 valence electrons. The predicted molar refractivity (Wildman–Crippen MR) is 95.6 cm³/mol. The van der Waals surface area contributed by atoms with E-state index in [0.717, 1.165) is 11.1 Å². The highest BCUT2D eigenvalue weighted by Crippen LogP contribution is 2.10. The number of esters is 1. The molecule has 0 aliphatic heterocycles. The van der Waals surface area contributed by atoms with Crippen LogP contribution in [0, 0.1) is 18.3 Å². The van der Waals surface area contributed by atoms with Crippen LogP contribution in [-0.2, 0) is 14.3 Å². The third-order valence-corrected chi connectivity index (χ3v) is 3.40. The number of ether oxygens (including phenoxy) is 1. The van der Waals surface area contributed by atoms with Crippen LogP contribution in [0.4, 0.5) is 5.69 Å². The first-order chi connectivity index (χ1) is 12.0. The molecule has 5 heteroatoms. The van der Waals surface area contributed by atoms with Crippen LogP contribution in [-0.4, -0.2) is 18.0 Å². The van der Waals surface area contributed by atoms with Crippen LogP contribution in [0.2, 0.25) is 0 Å². The van der Waals surface area contributed by atoms with Crippen molar-refractivity contribution in [1.82, 2.24) is 0 Å². The number of hydrogen-bond donors (Lipinski definition) is 1. The second-order valence-corrected chi connectivity index (χ2v) is 5.50. The lowest BCUT2D eigenvalue weighted by molar-refractivity contribution is -0.148. The lowest BCUT2D eigenvalue weighted by atomic mass is 10.1. The molecular formula is C20H18N2O3. The first-order valence-corrected chi connectivity index (χ1v) is 7.74. The zero-order chi connectivity index (χ0) is 18.2. The van der Waals surface area contributed by atoms with E-state index in [1.54, 1.807) is 30.3 Å². The second kappa shape index (κ2) is 8.46. The molecule has 2 aromatic rings. The first-order valence-electron chi connectivity index (χ1n) is 7.74. The van der Waals surface area contributed by atoms with Gasteiger partial charge in [-0.25, -0.2) is 4.79 Å². The molecule has 25 heavy (non-hydrogen) atoms. The lowest BCUT2D eigenvalue weighted by Crippen LogP contribution is -2.29. The summed E-state index contributed by atoms with van der Waals surface area (Å²) < 4.78 is 5.09. The molecule has 0 aliphatic carbocycles. The van der Waals surface area contributed by atoms with Crippen LogP contribution in [0.5, 0.6) is 0 Å². The van der Waals surface area contributed by atoms with Gasteiger partial charge in [0, 0.05) is 11.8 Å². The van der Waals surface area contributed by atoms with Crippen molar-refractivity contribution in [2.45, 2.75) is 20.0 Å². The third-order valence-electron chi connectivity index (χ3n) is 3.40. The van der Waals surface area contributed by atoms with E-state index in [0.29, 0.717) is 11.3 Å². The number of carbonyl (C=O) groups excluding carboxylic acids is 2. The van der Waals surface area contributed by atoms with Crippen molar-refractivity contribution >= 4 is 23.6 Å². The van der Waals surface area contributed by atoms with Crippen LogP contribution < -0.4 is 5.32 Å². The molecule has 0 radical (unpaired) electrons. The maximum atomic E-state index is 12.0. The normalized spacial score (nSPS) is 11.6. The minimum absolute atomic E-state index is 0.443. The fraction of sp³-hybridized carbons (Fsp3) is 0.150. The number of aryl methyl sites for hydroxylation is 1. The van der Waals surface area contributed by atoms with Crippen LogP contribution >= 0.6 is 0 Å². The monoisotopic (exact) mass is 334 g/mol. The van der Waals surface area contributed by atoms with Gasteiger partial charge in [0.05, 0.1) is 11.6 Å². The number of nitriles is 1. The number of nitrogens with one attached hydrogen (secondary N) is 1. The standard InChI is InChI=1S/C20H18N2O3/c1-14-4-3-5-16(12-14)8-11-19(23)25-15(2)20(24)22-18-9-6-17(13-21)7-10-18/h3-12,15H,1-2H3,(H,22,24)/b11-8+/t15-/m0/s1. The highest BCUT2D eigenvalue weighted by molar-refractivity contribution is 5.96. The number of rotatable bonds is 5. The van der Waals surface area contributed by atoms with Crippen LogP contribution in [0.3, 0.4) is 0 Å². The third kappa shape index (κ3) is 5.63. The van der Waals surface area contributed by atoms with E-state index < -0.39 is 18.0 Å². The van der Waals surface area contributed by atoms with Crippen molar-refractivity contribution < 1.29 is 14.3 Å². The molecule has 0 unspecified atom stereocenters. The summed E-state index contributed by atoms with van der Waals surface area (Å²) in [5.41, 5.74) is 3.00. The largest absolute Gasteiger partial charge is 0.449 e. The van der Waals surface area contributed by atoms with Gasteiger partial charge in [-0.1, -0.05) is 29.8 Å². The SMILES string of the molecule is Cc1cccc(/C=C/C(=O)O[C@@H](C)C(=O)Nc2ccc(C#N)cc2)c1. The van der Waals surface area contributed by atoms with Gasteiger partial charge >= 0.3 is 5.97 Å². The molecule has 1 amide bonds. The zero-order valence-corrected chi connectivity index (χ0v) is 14.0. The summed E-state index contributed by atoms with van der Waals surface area (Å²) >= 11 is 0. The Kier molecular flexibility index (Phi) is 6.08. The average Bonchev–Trinajstić information content (AvgIpc) is 2.60. The molecule has 0 aromatic heterocycles. The summed E-state index contributed by atoms with van der Waals surface area (Å²) in [5, 5.41) is 11.4. The quantitative estimate of drug-likeness (QED) is 0.671. The molecule has 0 saturated carbocycles. The molecule has 1 N–H and O–H groups in total. The Hall–Kier alpha value is -3.39. The van der Waals surface area contributed by atoms with E-state index in [4.69, 9.17) is 10.00 Å². The fourth-order valence-electron chi connectivity index (χ4n) is 2.08. The summed E-state index contributed by atoms with van der Waals surface area (Å²) in [6.07, 6.45) is 1.99. The van der Waals surface area contributed by atoms with Gasteiger partial charge in [-0.15, -0.1) is 0 Å². The Bertz CT molecular complexity index is 833. The average molecular weight is 334 g/mol. The maximum Gasteiger partial charge on any atom is 0.331 e. The number of nitrogens with zero attached hydrogens (tertiary/aromatic N) is 1. The molecule has 5 nitrogen and oxygen atoms in total. The van der Waals surface area contributed by atoms with Gasteiger partial charge < -0.3 is 10.1 Å². The number of amides is 1. The van der Waals surface area contributed by atoms with Crippen molar-refractivity contribution in [2.75, 3.05) is 5.32 Å². The van der Waals surface area contributed by atoms with Crippen molar-refractivity contribution in [3.63, 3.8) is 0 Å². The van der Waals surface area contributed by atoms with Crippen molar-refractivity contribution in [1.29, 1.82) is 5.26 Å². The summed E-state index contributed by atoms with van der Waals surface area (Å²) in [6.45, 7) is 3.46. The first kappa shape index (κ1) is 18.0. The van der Waals surface area contributed by atoms with Crippen molar-refractivity contribution in [2.24, 2.45) is 0 Å². The fourth-order valence-corrected chi connectivity index (χ4v) is 2.08. The number of anilines is 1. The van der Waals surface area contributed by atoms with Gasteiger partial charge in [0.2, 0.25) is 0 Å². The van der Waals surface area contributed by atoms with Crippen molar-refractivity contribution in [3.8, 4) is 6.07 Å². The van der Waals surface area contributed by atoms with Gasteiger partial charge in [-0.2, -0.15) is 5.26 Å². The Morgan fingerprint density at radius 2 is 1.92 bits per heavy atom. The Morgan fingerprint density at radius 1 is 1.20 bits per heavy atom. The minimum Gasteiger partial charge on any atom is -0.449 e. The van der Waals surface area contributed by atoms with E-state index >= 15 is 0 Å². The molecule has 0 bridgehead atoms. The Morgan fingerprint density at radius 3 is 2.56 bits per heavy atom. The van der Waals surface area contributed by atoms with E-state index in [1.165, 1.54) is 13.0 Å². The molecule has 2 aromatic carbocycles. The van der Waals surface area contributed by atoms with Crippen LogP contribution in [0.25, 0.3) is 6.08 Å². The molecular weight excluding hydrogens is 316 g/mol. The summed E-state index contributed by atoms with van der Waals surface area (Å²) in [7, 11) is 0. The van der Waals surface area contributed by atoms with E-state index in [-0.39, 0.29) is 0 Å². The van der Waals surface area contributed by atoms with Crippen LogP contribution in [0.1, 0.15) is 23.6 Å². The Labute approximate surface area is 146 Å².